The van der Waals surface area contributed by atoms with Gasteiger partial charge in [-0.2, -0.15) is 0 Å². The summed E-state index contributed by atoms with van der Waals surface area (Å²) in [5, 5.41) is 0.900. The summed E-state index contributed by atoms with van der Waals surface area (Å²) in [6.07, 6.45) is 7.74. The zero-order valence-electron chi connectivity index (χ0n) is 15.2. The number of nitrogens with one attached hydrogen (secondary N) is 2. The normalized spacial score (nSPS) is 28.8. The Morgan fingerprint density at radius 2 is 1.67 bits per heavy atom. The van der Waals surface area contributed by atoms with Crippen molar-refractivity contribution in [2.24, 2.45) is 17.8 Å². The standard InChI is InChI=1S/C21H24N4O2/c26-20(18-5-1-3-16-4-2-6-22-19(16)18)23-24-21(27)25-12-15-8-13-7-14(9-15)11-17(25)10-13/h1-6,13-15,17H,7-12H2,(H,23,26)(H,24,27). The Bertz CT molecular complexity index is 879. The third-order valence-electron chi connectivity index (χ3n) is 6.53. The van der Waals surface area contributed by atoms with E-state index in [2.05, 4.69) is 15.8 Å². The van der Waals surface area contributed by atoms with E-state index in [4.69, 9.17) is 0 Å². The topological polar surface area (TPSA) is 74.3 Å². The SMILES string of the molecule is O=C(NNC(=O)N1CC2CC3CC(C2)CC1C3)c1cccc2cccnc12. The summed E-state index contributed by atoms with van der Waals surface area (Å²) in [7, 11) is 0. The van der Waals surface area contributed by atoms with Crippen LogP contribution in [0, 0.1) is 17.8 Å². The zero-order chi connectivity index (χ0) is 18.4. The first-order valence-electron chi connectivity index (χ1n) is 9.88. The molecule has 6 heteroatoms. The number of carbonyl (C=O) groups excluding carboxylic acids is 2. The van der Waals surface area contributed by atoms with Crippen LogP contribution >= 0.6 is 0 Å². The summed E-state index contributed by atoms with van der Waals surface area (Å²) in [4.78, 5) is 31.7. The number of rotatable bonds is 1. The van der Waals surface area contributed by atoms with Gasteiger partial charge in [-0.15, -0.1) is 0 Å². The van der Waals surface area contributed by atoms with Gasteiger partial charge < -0.3 is 4.90 Å². The van der Waals surface area contributed by atoms with Crippen LogP contribution in [0.15, 0.2) is 36.5 Å². The van der Waals surface area contributed by atoms with E-state index >= 15 is 0 Å². The van der Waals surface area contributed by atoms with Crippen molar-refractivity contribution in [3.05, 3.63) is 42.1 Å². The number of fused-ring (bicyclic) bond motifs is 2. The molecule has 2 aliphatic heterocycles. The van der Waals surface area contributed by atoms with E-state index in [1.165, 1.54) is 19.3 Å². The van der Waals surface area contributed by atoms with E-state index in [1.807, 2.05) is 29.2 Å². The van der Waals surface area contributed by atoms with E-state index in [0.29, 0.717) is 23.0 Å². The van der Waals surface area contributed by atoms with Gasteiger partial charge in [-0.25, -0.2) is 10.2 Å². The van der Waals surface area contributed by atoms with E-state index in [9.17, 15) is 9.59 Å². The molecule has 0 spiro atoms. The molecule has 3 amide bonds. The number of pyridine rings is 1. The van der Waals surface area contributed by atoms with Gasteiger partial charge in [-0.3, -0.25) is 15.2 Å². The average Bonchev–Trinajstić information content (AvgIpc) is 2.88. The molecular formula is C21H24N4O2. The number of benzene rings is 1. The Hall–Kier alpha value is -2.63. The fourth-order valence-corrected chi connectivity index (χ4v) is 5.57. The summed E-state index contributed by atoms with van der Waals surface area (Å²) >= 11 is 0. The number of carbonyl (C=O) groups is 2. The van der Waals surface area contributed by atoms with Gasteiger partial charge in [0.1, 0.15) is 0 Å². The van der Waals surface area contributed by atoms with Crippen molar-refractivity contribution in [1.82, 2.24) is 20.7 Å². The number of nitrogens with zero attached hydrogens (tertiary/aromatic N) is 2. The van der Waals surface area contributed by atoms with Gasteiger partial charge in [0.2, 0.25) is 0 Å². The van der Waals surface area contributed by atoms with Crippen LogP contribution in [-0.4, -0.2) is 34.4 Å². The predicted octanol–water partition coefficient (Wildman–Crippen LogP) is 3.10. The lowest BCUT2D eigenvalue weighted by Crippen LogP contribution is -2.52. The minimum atomic E-state index is -0.340. The molecule has 2 N–H and O–H groups in total. The molecule has 4 bridgehead atoms. The Balaban J connectivity index is 1.28. The van der Waals surface area contributed by atoms with Crippen LogP contribution in [0.1, 0.15) is 42.5 Å². The lowest BCUT2D eigenvalue weighted by atomic mass is 9.68. The second-order valence-electron chi connectivity index (χ2n) is 8.35. The third kappa shape index (κ3) is 3.03. The molecule has 27 heavy (non-hydrogen) atoms. The van der Waals surface area contributed by atoms with Crippen molar-refractivity contribution in [3.63, 3.8) is 0 Å². The third-order valence-corrected chi connectivity index (χ3v) is 6.53. The number of para-hydroxylation sites is 1. The maximum atomic E-state index is 12.8. The molecular weight excluding hydrogens is 340 g/mol. The minimum absolute atomic E-state index is 0.185. The van der Waals surface area contributed by atoms with Gasteiger partial charge in [0.25, 0.3) is 5.91 Å². The van der Waals surface area contributed by atoms with E-state index in [0.717, 1.165) is 36.6 Å². The van der Waals surface area contributed by atoms with Gasteiger partial charge in [0, 0.05) is 24.2 Å². The van der Waals surface area contributed by atoms with Crippen molar-refractivity contribution in [2.75, 3.05) is 6.54 Å². The maximum absolute atomic E-state index is 12.8. The highest BCUT2D eigenvalue weighted by Crippen LogP contribution is 2.47. The smallest absolute Gasteiger partial charge is 0.320 e. The Morgan fingerprint density at radius 3 is 2.48 bits per heavy atom. The van der Waals surface area contributed by atoms with Gasteiger partial charge in [-0.05, 0) is 62.0 Å². The molecule has 2 aliphatic carbocycles. The van der Waals surface area contributed by atoms with Crippen LogP contribution in [0.4, 0.5) is 4.79 Å². The first-order chi connectivity index (χ1) is 13.2. The monoisotopic (exact) mass is 364 g/mol. The first kappa shape index (κ1) is 16.5. The largest absolute Gasteiger partial charge is 0.336 e. The number of aromatic nitrogens is 1. The fourth-order valence-electron chi connectivity index (χ4n) is 5.57. The highest BCUT2D eigenvalue weighted by molar-refractivity contribution is 6.05. The second kappa shape index (κ2) is 6.51. The van der Waals surface area contributed by atoms with Crippen LogP contribution in [0.3, 0.4) is 0 Å². The van der Waals surface area contributed by atoms with Crippen molar-refractivity contribution in [2.45, 2.75) is 38.1 Å². The molecule has 140 valence electrons. The van der Waals surface area contributed by atoms with Crippen LogP contribution in [0.25, 0.3) is 10.9 Å². The molecule has 2 aromatic rings. The van der Waals surface area contributed by atoms with Crippen LogP contribution in [-0.2, 0) is 0 Å². The first-order valence-corrected chi connectivity index (χ1v) is 9.88. The summed E-state index contributed by atoms with van der Waals surface area (Å²) in [6, 6.07) is 9.36. The van der Waals surface area contributed by atoms with E-state index < -0.39 is 0 Å². The number of urea groups is 1. The number of hydrogen-bond donors (Lipinski definition) is 2. The van der Waals surface area contributed by atoms with Crippen molar-refractivity contribution >= 4 is 22.8 Å². The van der Waals surface area contributed by atoms with Crippen LogP contribution in [0.5, 0.6) is 0 Å². The molecule has 6 nitrogen and oxygen atoms in total. The molecule has 6 rings (SSSR count). The molecule has 4 aliphatic rings. The van der Waals surface area contributed by atoms with Crippen molar-refractivity contribution in [1.29, 1.82) is 0 Å². The number of amides is 3. The fraction of sp³-hybridized carbons (Fsp3) is 0.476. The zero-order valence-corrected chi connectivity index (χ0v) is 15.2. The molecule has 0 radical (unpaired) electrons. The summed E-state index contributed by atoms with van der Waals surface area (Å²) < 4.78 is 0. The molecule has 2 unspecified atom stereocenters. The quantitative estimate of drug-likeness (QED) is 0.764. The Labute approximate surface area is 158 Å². The van der Waals surface area contributed by atoms with Crippen molar-refractivity contribution < 1.29 is 9.59 Å². The molecule has 2 atom stereocenters. The molecule has 3 heterocycles. The molecule has 1 aromatic heterocycles. The summed E-state index contributed by atoms with van der Waals surface area (Å²) in [6.45, 7) is 0.815. The molecule has 2 saturated heterocycles. The van der Waals surface area contributed by atoms with Gasteiger partial charge in [0.05, 0.1) is 11.1 Å². The minimum Gasteiger partial charge on any atom is -0.320 e. The van der Waals surface area contributed by atoms with Gasteiger partial charge >= 0.3 is 6.03 Å². The molecule has 4 fully saturated rings. The van der Waals surface area contributed by atoms with Gasteiger partial charge in [0.15, 0.2) is 0 Å². The summed E-state index contributed by atoms with van der Waals surface area (Å²) in [5.74, 6) is 1.83. The maximum Gasteiger partial charge on any atom is 0.336 e. The average molecular weight is 364 g/mol. The lowest BCUT2D eigenvalue weighted by Gasteiger charge is -2.38. The Morgan fingerprint density at radius 1 is 0.926 bits per heavy atom. The highest BCUT2D eigenvalue weighted by atomic mass is 16.2. The predicted molar refractivity (Wildman–Crippen MR) is 102 cm³/mol. The lowest BCUT2D eigenvalue weighted by molar-refractivity contribution is 0.0921. The second-order valence-corrected chi connectivity index (χ2v) is 8.35. The highest BCUT2D eigenvalue weighted by Gasteiger charge is 2.44. The van der Waals surface area contributed by atoms with Gasteiger partial charge in [-0.1, -0.05) is 18.2 Å². The molecule has 2 saturated carbocycles. The number of hydrazine groups is 1. The van der Waals surface area contributed by atoms with E-state index in [-0.39, 0.29) is 11.9 Å². The number of hydrogen-bond acceptors (Lipinski definition) is 3. The summed E-state index contributed by atoms with van der Waals surface area (Å²) in [5.41, 5.74) is 6.33. The van der Waals surface area contributed by atoms with Crippen LogP contribution in [0.2, 0.25) is 0 Å². The Kier molecular flexibility index (Phi) is 3.99. The van der Waals surface area contributed by atoms with E-state index in [1.54, 1.807) is 12.3 Å². The van der Waals surface area contributed by atoms with Crippen LogP contribution < -0.4 is 10.9 Å². The van der Waals surface area contributed by atoms with Crippen molar-refractivity contribution in [3.8, 4) is 0 Å². The molecule has 1 aromatic carbocycles.